The average Bonchev–Trinajstić information content (AvgIpc) is 2.47. The number of amides is 2. The Balaban J connectivity index is 2.05. The Morgan fingerprint density at radius 2 is 2.21 bits per heavy atom. The molecule has 0 unspecified atom stereocenters. The lowest BCUT2D eigenvalue weighted by atomic mass is 10.1. The largest absolute Gasteiger partial charge is 0.367 e. The normalized spacial score (nSPS) is 17.9. The maximum absolute atomic E-state index is 12.2. The molecule has 0 aliphatic carbocycles. The number of hydrogen-bond donors (Lipinski definition) is 2. The fourth-order valence-corrected chi connectivity index (χ4v) is 2.72. The summed E-state index contributed by atoms with van der Waals surface area (Å²) in [5.41, 5.74) is 2.00. The molecule has 0 aromatic heterocycles. The predicted molar refractivity (Wildman–Crippen MR) is 78.3 cm³/mol. The zero-order valence-corrected chi connectivity index (χ0v) is 11.5. The van der Waals surface area contributed by atoms with Crippen LogP contribution in [0.15, 0.2) is 52.7 Å². The molecule has 2 aliphatic heterocycles. The minimum Gasteiger partial charge on any atom is -0.367 e. The molecule has 1 aromatic rings. The molecule has 0 fully saturated rings. The fourth-order valence-electron chi connectivity index (χ4n) is 2.26. The Hall–Kier alpha value is -1.88. The predicted octanol–water partition coefficient (Wildman–Crippen LogP) is 2.31. The van der Waals surface area contributed by atoms with E-state index in [1.807, 2.05) is 30.5 Å². The van der Waals surface area contributed by atoms with Gasteiger partial charge in [-0.15, -0.1) is 11.8 Å². The van der Waals surface area contributed by atoms with Gasteiger partial charge in [-0.3, -0.25) is 0 Å². The van der Waals surface area contributed by atoms with E-state index in [0.717, 1.165) is 28.5 Å². The lowest BCUT2D eigenvalue weighted by Gasteiger charge is -2.33. The van der Waals surface area contributed by atoms with E-state index in [9.17, 15) is 4.79 Å². The molecule has 2 amide bonds. The van der Waals surface area contributed by atoms with Gasteiger partial charge in [0.25, 0.3) is 0 Å². The average molecular weight is 273 g/mol. The lowest BCUT2D eigenvalue weighted by Crippen LogP contribution is -2.50. The number of thioether (sulfide) groups is 1. The van der Waals surface area contributed by atoms with E-state index in [1.54, 1.807) is 16.7 Å². The van der Waals surface area contributed by atoms with E-state index in [4.69, 9.17) is 0 Å². The van der Waals surface area contributed by atoms with Gasteiger partial charge in [0.2, 0.25) is 0 Å². The van der Waals surface area contributed by atoms with E-state index >= 15 is 0 Å². The number of urea groups is 1. The van der Waals surface area contributed by atoms with Crippen molar-refractivity contribution in [3.63, 3.8) is 0 Å². The third-order valence-electron chi connectivity index (χ3n) is 3.18. The number of nitrogens with zero attached hydrogens (tertiary/aromatic N) is 1. The fraction of sp³-hybridized carbons (Fsp3) is 0.214. The molecule has 2 N–H and O–H groups in total. The van der Waals surface area contributed by atoms with E-state index in [-0.39, 0.29) is 6.03 Å². The van der Waals surface area contributed by atoms with Gasteiger partial charge in [-0.1, -0.05) is 18.2 Å². The molecule has 19 heavy (non-hydrogen) atoms. The van der Waals surface area contributed by atoms with Gasteiger partial charge >= 0.3 is 6.03 Å². The third kappa shape index (κ3) is 2.21. The Bertz CT molecular complexity index is 580. The van der Waals surface area contributed by atoms with E-state index in [0.29, 0.717) is 6.54 Å². The first-order valence-electron chi connectivity index (χ1n) is 6.15. The summed E-state index contributed by atoms with van der Waals surface area (Å²) in [5.74, 6) is 0.893. The van der Waals surface area contributed by atoms with Crippen LogP contribution in [0.2, 0.25) is 0 Å². The summed E-state index contributed by atoms with van der Waals surface area (Å²) >= 11 is 1.67. The minimum absolute atomic E-state index is 0.0835. The summed E-state index contributed by atoms with van der Waals surface area (Å²) in [7, 11) is 0. The van der Waals surface area contributed by atoms with Crippen LogP contribution in [0.5, 0.6) is 0 Å². The molecule has 3 rings (SSSR count). The van der Waals surface area contributed by atoms with Crippen LogP contribution in [-0.2, 0) is 0 Å². The summed E-state index contributed by atoms with van der Waals surface area (Å²) < 4.78 is 0. The van der Waals surface area contributed by atoms with E-state index in [2.05, 4.69) is 22.8 Å². The first-order valence-corrected chi connectivity index (χ1v) is 7.37. The molecule has 2 heterocycles. The van der Waals surface area contributed by atoms with Crippen LogP contribution in [0.1, 0.15) is 0 Å². The number of rotatable bonds is 2. The molecule has 0 saturated carbocycles. The molecule has 1 aromatic carbocycles. The number of carbonyl (C=O) groups excluding carboxylic acids is 1. The third-order valence-corrected chi connectivity index (χ3v) is 3.90. The summed E-state index contributed by atoms with van der Waals surface area (Å²) in [6.45, 7) is 1.33. The second kappa shape index (κ2) is 5.01. The Kier molecular flexibility index (Phi) is 3.21. The second-order valence-corrected chi connectivity index (χ2v) is 5.23. The maximum Gasteiger partial charge on any atom is 0.327 e. The van der Waals surface area contributed by atoms with Crippen molar-refractivity contribution < 1.29 is 4.79 Å². The highest BCUT2D eigenvalue weighted by Gasteiger charge is 2.27. The molecule has 4 nitrogen and oxygen atoms in total. The molecule has 0 atom stereocenters. The first-order chi connectivity index (χ1) is 9.29. The Labute approximate surface area is 116 Å². The van der Waals surface area contributed by atoms with Gasteiger partial charge < -0.3 is 10.6 Å². The summed E-state index contributed by atoms with van der Waals surface area (Å²) in [5, 5.41) is 6.19. The molecule has 0 radical (unpaired) electrons. The molecule has 0 bridgehead atoms. The first kappa shape index (κ1) is 12.2. The quantitative estimate of drug-likeness (QED) is 0.813. The van der Waals surface area contributed by atoms with Crippen molar-refractivity contribution in [2.75, 3.05) is 24.2 Å². The Morgan fingerprint density at radius 3 is 3.05 bits per heavy atom. The second-order valence-electron chi connectivity index (χ2n) is 4.35. The van der Waals surface area contributed by atoms with Crippen LogP contribution in [-0.4, -0.2) is 25.4 Å². The van der Waals surface area contributed by atoms with Gasteiger partial charge in [0.1, 0.15) is 5.82 Å². The van der Waals surface area contributed by atoms with Gasteiger partial charge in [0.15, 0.2) is 0 Å². The molecule has 0 spiro atoms. The van der Waals surface area contributed by atoms with E-state index in [1.165, 1.54) is 0 Å². The number of carbonyl (C=O) groups is 1. The highest BCUT2D eigenvalue weighted by Crippen LogP contribution is 2.27. The highest BCUT2D eigenvalue weighted by molar-refractivity contribution is 7.98. The number of benzene rings is 1. The summed E-state index contributed by atoms with van der Waals surface area (Å²) in [6.07, 6.45) is 6.16. The van der Waals surface area contributed by atoms with Gasteiger partial charge in [-0.05, 0) is 24.5 Å². The summed E-state index contributed by atoms with van der Waals surface area (Å²) in [6, 6.07) is 7.91. The topological polar surface area (TPSA) is 44.4 Å². The van der Waals surface area contributed by atoms with Crippen LogP contribution in [0.3, 0.4) is 0 Å². The van der Waals surface area contributed by atoms with Crippen LogP contribution >= 0.6 is 11.8 Å². The SMILES string of the molecule is CSc1cccc(N2C(=O)NCC3=C2NCC=C3)c1. The number of anilines is 1. The van der Waals surface area contributed by atoms with Gasteiger partial charge in [0, 0.05) is 23.6 Å². The highest BCUT2D eigenvalue weighted by atomic mass is 32.2. The van der Waals surface area contributed by atoms with E-state index < -0.39 is 0 Å². The monoisotopic (exact) mass is 273 g/mol. The smallest absolute Gasteiger partial charge is 0.327 e. The Morgan fingerprint density at radius 1 is 1.32 bits per heavy atom. The molecular formula is C14H15N3OS. The zero-order chi connectivity index (χ0) is 13.2. The van der Waals surface area contributed by atoms with Gasteiger partial charge in [0.05, 0.1) is 5.69 Å². The molecule has 98 valence electrons. The molecular weight excluding hydrogens is 258 g/mol. The van der Waals surface area contributed by atoms with Crippen molar-refractivity contribution >= 4 is 23.5 Å². The number of nitrogens with one attached hydrogen (secondary N) is 2. The molecule has 0 saturated heterocycles. The zero-order valence-electron chi connectivity index (χ0n) is 10.6. The van der Waals surface area contributed by atoms with Crippen LogP contribution in [0, 0.1) is 0 Å². The number of hydrogen-bond acceptors (Lipinski definition) is 3. The van der Waals surface area contributed by atoms with Gasteiger partial charge in [-0.2, -0.15) is 0 Å². The minimum atomic E-state index is -0.0835. The van der Waals surface area contributed by atoms with Crippen molar-refractivity contribution in [3.05, 3.63) is 47.8 Å². The standard InChI is InChI=1S/C14H15N3OS/c1-19-12-6-2-5-11(8-12)17-13-10(4-3-7-15-13)9-16-14(17)18/h2-6,8,15H,7,9H2,1H3,(H,16,18). The van der Waals surface area contributed by atoms with Crippen molar-refractivity contribution in [2.24, 2.45) is 0 Å². The maximum atomic E-state index is 12.2. The van der Waals surface area contributed by atoms with Crippen molar-refractivity contribution in [1.29, 1.82) is 0 Å². The van der Waals surface area contributed by atoms with Gasteiger partial charge in [-0.25, -0.2) is 9.69 Å². The van der Waals surface area contributed by atoms with Crippen LogP contribution in [0.4, 0.5) is 10.5 Å². The number of dihydropyridines is 1. The molecule has 5 heteroatoms. The van der Waals surface area contributed by atoms with Crippen molar-refractivity contribution in [1.82, 2.24) is 10.6 Å². The van der Waals surface area contributed by atoms with Crippen molar-refractivity contribution in [3.8, 4) is 0 Å². The summed E-state index contributed by atoms with van der Waals surface area (Å²) in [4.78, 5) is 15.0. The van der Waals surface area contributed by atoms with Crippen LogP contribution < -0.4 is 15.5 Å². The van der Waals surface area contributed by atoms with Crippen LogP contribution in [0.25, 0.3) is 0 Å². The lowest BCUT2D eigenvalue weighted by molar-refractivity contribution is 0.246. The molecule has 2 aliphatic rings. The van der Waals surface area contributed by atoms with Crippen molar-refractivity contribution in [2.45, 2.75) is 4.90 Å².